The van der Waals surface area contributed by atoms with Gasteiger partial charge in [-0.1, -0.05) is 12.1 Å². The maximum atomic E-state index is 12.9. The number of carbonyl (C=O) groups excluding carboxylic acids is 1. The van der Waals surface area contributed by atoms with Crippen LogP contribution in [0.5, 0.6) is 0 Å². The lowest BCUT2D eigenvalue weighted by molar-refractivity contribution is 0.102. The topological polar surface area (TPSA) is 130 Å². The lowest BCUT2D eigenvalue weighted by atomic mass is 10.2. The van der Waals surface area contributed by atoms with Crippen molar-refractivity contribution < 1.29 is 13.2 Å². The van der Waals surface area contributed by atoms with Crippen LogP contribution in [0.3, 0.4) is 0 Å². The third kappa shape index (κ3) is 3.81. The number of sulfonamides is 1. The van der Waals surface area contributed by atoms with Gasteiger partial charge in [-0.15, -0.1) is 0 Å². The first kappa shape index (κ1) is 21.0. The molecule has 2 aromatic carbocycles. The number of nitrogens with one attached hydrogen (secondary N) is 2. The molecule has 0 atom stereocenters. The smallest absolute Gasteiger partial charge is 0.261 e. The summed E-state index contributed by atoms with van der Waals surface area (Å²) in [4.78, 5) is 31.8. The standard InChI is InChI=1S/C22H20N6O4S/c29-21(15-7-9-16(10-8-15)33(31,32)27-11-3-4-12-27)26-18-5-1-2-6-19(18)28-20-17(13-25-28)22(30)24-14-23-20/h1-2,5-10,13-14H,3-4,11-12H2,(H,26,29)(H,23,24,30). The minimum absolute atomic E-state index is 0.167. The first-order chi connectivity index (χ1) is 15.9. The number of hydrogen-bond donors (Lipinski definition) is 2. The van der Waals surface area contributed by atoms with Crippen molar-refractivity contribution in [1.82, 2.24) is 24.1 Å². The number of amides is 1. The Hall–Kier alpha value is -3.83. The van der Waals surface area contributed by atoms with Gasteiger partial charge in [0.2, 0.25) is 10.0 Å². The molecule has 0 radical (unpaired) electrons. The molecule has 0 spiro atoms. The zero-order chi connectivity index (χ0) is 23.0. The maximum absolute atomic E-state index is 12.9. The Labute approximate surface area is 188 Å². The van der Waals surface area contributed by atoms with Crippen LogP contribution in [-0.4, -0.2) is 51.5 Å². The molecule has 1 aliphatic rings. The molecule has 2 aromatic heterocycles. The highest BCUT2D eigenvalue weighted by atomic mass is 32.2. The van der Waals surface area contributed by atoms with E-state index in [9.17, 15) is 18.0 Å². The summed E-state index contributed by atoms with van der Waals surface area (Å²) in [7, 11) is -3.55. The first-order valence-electron chi connectivity index (χ1n) is 10.4. The third-order valence-electron chi connectivity index (χ3n) is 5.57. The number of aromatic amines is 1. The van der Waals surface area contributed by atoms with Crippen LogP contribution >= 0.6 is 0 Å². The van der Waals surface area contributed by atoms with Crippen molar-refractivity contribution in [2.24, 2.45) is 0 Å². The number of carbonyl (C=O) groups is 1. The quantitative estimate of drug-likeness (QED) is 0.465. The van der Waals surface area contributed by atoms with E-state index < -0.39 is 15.9 Å². The van der Waals surface area contributed by atoms with Crippen LogP contribution in [0.4, 0.5) is 5.69 Å². The van der Waals surface area contributed by atoms with E-state index in [2.05, 4.69) is 20.4 Å². The molecule has 10 nitrogen and oxygen atoms in total. The molecule has 5 rings (SSSR count). The van der Waals surface area contributed by atoms with Crippen LogP contribution in [0.25, 0.3) is 16.7 Å². The number of H-pyrrole nitrogens is 1. The fourth-order valence-electron chi connectivity index (χ4n) is 3.85. The Morgan fingerprint density at radius 3 is 2.52 bits per heavy atom. The molecule has 3 heterocycles. The predicted molar refractivity (Wildman–Crippen MR) is 122 cm³/mol. The van der Waals surface area contributed by atoms with Crippen LogP contribution in [-0.2, 0) is 10.0 Å². The maximum Gasteiger partial charge on any atom is 0.261 e. The van der Waals surface area contributed by atoms with Crippen molar-refractivity contribution >= 4 is 32.7 Å². The fourth-order valence-corrected chi connectivity index (χ4v) is 5.36. The van der Waals surface area contributed by atoms with Crippen molar-refractivity contribution in [3.63, 3.8) is 0 Å². The zero-order valence-electron chi connectivity index (χ0n) is 17.4. The average Bonchev–Trinajstić information content (AvgIpc) is 3.51. The number of hydrogen-bond acceptors (Lipinski definition) is 6. The van der Waals surface area contributed by atoms with Gasteiger partial charge in [-0.3, -0.25) is 9.59 Å². The Bertz CT molecular complexity index is 1500. The van der Waals surface area contributed by atoms with Crippen molar-refractivity contribution in [3.05, 3.63) is 77.0 Å². The number of benzene rings is 2. The Morgan fingerprint density at radius 1 is 1.03 bits per heavy atom. The molecule has 1 saturated heterocycles. The van der Waals surface area contributed by atoms with E-state index in [1.54, 1.807) is 24.3 Å². The molecule has 0 unspecified atom stereocenters. The highest BCUT2D eigenvalue weighted by molar-refractivity contribution is 7.89. The minimum Gasteiger partial charge on any atom is -0.320 e. The van der Waals surface area contributed by atoms with Gasteiger partial charge in [0, 0.05) is 18.7 Å². The van der Waals surface area contributed by atoms with Crippen LogP contribution in [0.2, 0.25) is 0 Å². The number of anilines is 1. The number of rotatable bonds is 5. The largest absolute Gasteiger partial charge is 0.320 e. The number of aromatic nitrogens is 4. The van der Waals surface area contributed by atoms with E-state index in [1.807, 2.05) is 0 Å². The molecule has 33 heavy (non-hydrogen) atoms. The van der Waals surface area contributed by atoms with Gasteiger partial charge >= 0.3 is 0 Å². The van der Waals surface area contributed by atoms with Crippen molar-refractivity contribution in [2.45, 2.75) is 17.7 Å². The summed E-state index contributed by atoms with van der Waals surface area (Å²) < 4.78 is 28.3. The van der Waals surface area contributed by atoms with Crippen LogP contribution in [0.15, 0.2) is 70.7 Å². The van der Waals surface area contributed by atoms with Gasteiger partial charge in [0.25, 0.3) is 11.5 Å². The molecule has 0 bridgehead atoms. The highest BCUT2D eigenvalue weighted by Crippen LogP contribution is 2.24. The zero-order valence-corrected chi connectivity index (χ0v) is 18.2. The van der Waals surface area contributed by atoms with Crippen LogP contribution < -0.4 is 10.9 Å². The molecule has 4 aromatic rings. The molecule has 168 valence electrons. The van der Waals surface area contributed by atoms with Gasteiger partial charge < -0.3 is 10.3 Å². The second-order valence-corrected chi connectivity index (χ2v) is 9.57. The lowest BCUT2D eigenvalue weighted by Crippen LogP contribution is -2.27. The number of para-hydroxylation sites is 2. The minimum atomic E-state index is -3.55. The van der Waals surface area contributed by atoms with Crippen molar-refractivity contribution in [3.8, 4) is 5.69 Å². The summed E-state index contributed by atoms with van der Waals surface area (Å²) in [6, 6.07) is 12.9. The molecule has 0 saturated carbocycles. The van der Waals surface area contributed by atoms with Gasteiger partial charge in [-0.05, 0) is 49.2 Å². The van der Waals surface area contributed by atoms with E-state index in [0.717, 1.165) is 12.8 Å². The van der Waals surface area contributed by atoms with E-state index >= 15 is 0 Å². The number of fused-ring (bicyclic) bond motifs is 1. The van der Waals surface area contributed by atoms with E-state index in [0.29, 0.717) is 41.1 Å². The van der Waals surface area contributed by atoms with Gasteiger partial charge in [0.05, 0.1) is 28.8 Å². The molecule has 2 N–H and O–H groups in total. The summed E-state index contributed by atoms with van der Waals surface area (Å²) in [6.07, 6.45) is 4.42. The van der Waals surface area contributed by atoms with Gasteiger partial charge in [-0.25, -0.2) is 18.1 Å². The summed E-state index contributed by atoms with van der Waals surface area (Å²) >= 11 is 0. The second kappa shape index (κ2) is 8.26. The van der Waals surface area contributed by atoms with Crippen LogP contribution in [0, 0.1) is 0 Å². The molecule has 11 heteroatoms. The Kier molecular flexibility index (Phi) is 5.27. The highest BCUT2D eigenvalue weighted by Gasteiger charge is 2.27. The SMILES string of the molecule is O=C(Nc1ccccc1-n1ncc2c(=O)[nH]cnc21)c1ccc(S(=O)(=O)N2CCCC2)cc1. The lowest BCUT2D eigenvalue weighted by Gasteiger charge is -2.15. The van der Waals surface area contributed by atoms with E-state index in [1.165, 1.54) is 45.8 Å². The molecule has 1 amide bonds. The molecule has 1 aliphatic heterocycles. The summed E-state index contributed by atoms with van der Waals surface area (Å²) in [6.45, 7) is 1.04. The first-order valence-corrected chi connectivity index (χ1v) is 11.8. The van der Waals surface area contributed by atoms with Gasteiger partial charge in [0.1, 0.15) is 5.39 Å². The summed E-state index contributed by atoms with van der Waals surface area (Å²) in [5.41, 5.74) is 1.36. The van der Waals surface area contributed by atoms with Crippen molar-refractivity contribution in [2.75, 3.05) is 18.4 Å². The Morgan fingerprint density at radius 2 is 1.76 bits per heavy atom. The van der Waals surface area contributed by atoms with E-state index in [-0.39, 0.29) is 10.5 Å². The normalized spacial score (nSPS) is 14.5. The molecule has 0 aliphatic carbocycles. The molecular formula is C22H20N6O4S. The second-order valence-electron chi connectivity index (χ2n) is 7.63. The average molecular weight is 465 g/mol. The number of nitrogens with zero attached hydrogens (tertiary/aromatic N) is 4. The predicted octanol–water partition coefficient (Wildman–Crippen LogP) is 2.15. The van der Waals surface area contributed by atoms with E-state index in [4.69, 9.17) is 0 Å². The molecule has 1 fully saturated rings. The Balaban J connectivity index is 1.42. The third-order valence-corrected chi connectivity index (χ3v) is 7.48. The van der Waals surface area contributed by atoms with Crippen LogP contribution in [0.1, 0.15) is 23.2 Å². The van der Waals surface area contributed by atoms with Gasteiger partial charge in [0.15, 0.2) is 5.65 Å². The molecular weight excluding hydrogens is 444 g/mol. The monoisotopic (exact) mass is 464 g/mol. The summed E-state index contributed by atoms with van der Waals surface area (Å²) in [5.74, 6) is -0.408. The summed E-state index contributed by atoms with van der Waals surface area (Å²) in [5, 5.41) is 7.42. The fraction of sp³-hybridized carbons (Fsp3) is 0.182. The van der Waals surface area contributed by atoms with Gasteiger partial charge in [-0.2, -0.15) is 9.40 Å². The van der Waals surface area contributed by atoms with Crippen molar-refractivity contribution in [1.29, 1.82) is 0 Å².